The van der Waals surface area contributed by atoms with Crippen molar-refractivity contribution >= 4 is 15.7 Å². The van der Waals surface area contributed by atoms with Gasteiger partial charge in [-0.3, -0.25) is 4.79 Å². The second-order valence-electron chi connectivity index (χ2n) is 6.05. The van der Waals surface area contributed by atoms with Crippen molar-refractivity contribution < 1.29 is 22.7 Å². The molecule has 1 aromatic rings. The van der Waals surface area contributed by atoms with Crippen molar-refractivity contribution in [2.24, 2.45) is 0 Å². The quantitative estimate of drug-likeness (QED) is 0.871. The number of nitrogens with one attached hydrogen (secondary N) is 1. The van der Waals surface area contributed by atoms with Crippen molar-refractivity contribution in [3.63, 3.8) is 0 Å². The van der Waals surface area contributed by atoms with Crippen molar-refractivity contribution in [1.82, 2.24) is 5.32 Å². The van der Waals surface area contributed by atoms with Gasteiger partial charge in [-0.1, -0.05) is 6.07 Å². The van der Waals surface area contributed by atoms with Gasteiger partial charge in [-0.05, 0) is 37.5 Å². The Kier molecular flexibility index (Phi) is 4.87. The van der Waals surface area contributed by atoms with Gasteiger partial charge >= 0.3 is 0 Å². The zero-order valence-corrected chi connectivity index (χ0v) is 13.7. The molecule has 0 aromatic heterocycles. The third-order valence-electron chi connectivity index (χ3n) is 4.12. The standard InChI is InChI=1S/C16H21NO5S/c18-16(17-13-6-8-23(19,20)11-13)12-3-1-4-14(9-12)22-10-15-5-2-7-21-15/h1,3-4,9,13,15H,2,5-8,10-11H2,(H,17,18)/t13-,15+/m0/s1. The van der Waals surface area contributed by atoms with Crippen molar-refractivity contribution in [3.05, 3.63) is 29.8 Å². The SMILES string of the molecule is O=C(N[C@H]1CCS(=O)(=O)C1)c1cccc(OC[C@H]2CCCO2)c1. The average molecular weight is 339 g/mol. The molecule has 2 saturated heterocycles. The molecule has 0 radical (unpaired) electrons. The summed E-state index contributed by atoms with van der Waals surface area (Å²) in [6.45, 7) is 1.26. The molecule has 0 aliphatic carbocycles. The Morgan fingerprint density at radius 1 is 1.35 bits per heavy atom. The van der Waals surface area contributed by atoms with E-state index in [1.807, 2.05) is 0 Å². The largest absolute Gasteiger partial charge is 0.491 e. The molecule has 2 heterocycles. The first-order valence-electron chi connectivity index (χ1n) is 7.88. The summed E-state index contributed by atoms with van der Waals surface area (Å²) in [5.41, 5.74) is 0.471. The lowest BCUT2D eigenvalue weighted by atomic mass is 10.1. The van der Waals surface area contributed by atoms with Crippen LogP contribution in [0.3, 0.4) is 0 Å². The molecule has 1 aromatic carbocycles. The van der Waals surface area contributed by atoms with E-state index in [0.717, 1.165) is 19.4 Å². The Morgan fingerprint density at radius 3 is 2.91 bits per heavy atom. The van der Waals surface area contributed by atoms with Crippen LogP contribution in [-0.2, 0) is 14.6 Å². The first-order valence-corrected chi connectivity index (χ1v) is 9.70. The monoisotopic (exact) mass is 339 g/mol. The number of carbonyl (C=O) groups is 1. The van der Waals surface area contributed by atoms with Gasteiger partial charge in [0, 0.05) is 18.2 Å². The highest BCUT2D eigenvalue weighted by Crippen LogP contribution is 2.18. The maximum absolute atomic E-state index is 12.2. The van der Waals surface area contributed by atoms with Gasteiger partial charge in [0.25, 0.3) is 5.91 Å². The number of rotatable bonds is 5. The molecule has 3 rings (SSSR count). The summed E-state index contributed by atoms with van der Waals surface area (Å²) in [4.78, 5) is 12.2. The van der Waals surface area contributed by atoms with Crippen LogP contribution < -0.4 is 10.1 Å². The molecule has 0 spiro atoms. The van der Waals surface area contributed by atoms with E-state index < -0.39 is 9.84 Å². The van der Waals surface area contributed by atoms with Gasteiger partial charge in [0.05, 0.1) is 17.6 Å². The molecule has 23 heavy (non-hydrogen) atoms. The van der Waals surface area contributed by atoms with Gasteiger partial charge in [0.15, 0.2) is 9.84 Å². The molecular formula is C16H21NO5S. The summed E-state index contributed by atoms with van der Waals surface area (Å²) in [7, 11) is -3.00. The number of hydrogen-bond acceptors (Lipinski definition) is 5. The minimum atomic E-state index is -3.00. The van der Waals surface area contributed by atoms with Crippen LogP contribution in [0.4, 0.5) is 0 Å². The van der Waals surface area contributed by atoms with Crippen LogP contribution >= 0.6 is 0 Å². The lowest BCUT2D eigenvalue weighted by molar-refractivity contribution is 0.0679. The van der Waals surface area contributed by atoms with Crippen LogP contribution in [0.5, 0.6) is 5.75 Å². The van der Waals surface area contributed by atoms with Crippen LogP contribution in [0.15, 0.2) is 24.3 Å². The second kappa shape index (κ2) is 6.88. The zero-order chi connectivity index (χ0) is 16.3. The Bertz CT molecular complexity index is 667. The molecule has 6 nitrogen and oxygen atoms in total. The predicted molar refractivity (Wildman–Crippen MR) is 85.4 cm³/mol. The maximum atomic E-state index is 12.2. The fourth-order valence-corrected chi connectivity index (χ4v) is 4.54. The van der Waals surface area contributed by atoms with Gasteiger partial charge in [-0.25, -0.2) is 8.42 Å². The van der Waals surface area contributed by atoms with E-state index in [2.05, 4.69) is 5.32 Å². The molecular weight excluding hydrogens is 318 g/mol. The summed E-state index contributed by atoms with van der Waals surface area (Å²) in [5, 5.41) is 2.78. The first-order chi connectivity index (χ1) is 11.0. The topological polar surface area (TPSA) is 81.7 Å². The van der Waals surface area contributed by atoms with Crippen LogP contribution in [0.1, 0.15) is 29.6 Å². The number of benzene rings is 1. The summed E-state index contributed by atoms with van der Waals surface area (Å²) >= 11 is 0. The van der Waals surface area contributed by atoms with Crippen LogP contribution in [0.2, 0.25) is 0 Å². The summed E-state index contributed by atoms with van der Waals surface area (Å²) in [6.07, 6.45) is 2.65. The van der Waals surface area contributed by atoms with Crippen LogP contribution in [-0.4, -0.2) is 51.2 Å². The number of sulfone groups is 1. The van der Waals surface area contributed by atoms with Crippen molar-refractivity contribution in [1.29, 1.82) is 0 Å². The molecule has 2 aliphatic rings. The van der Waals surface area contributed by atoms with E-state index in [-0.39, 0.29) is 29.6 Å². The highest BCUT2D eigenvalue weighted by atomic mass is 32.2. The molecule has 7 heteroatoms. The Morgan fingerprint density at radius 2 is 2.22 bits per heavy atom. The van der Waals surface area contributed by atoms with Crippen molar-refractivity contribution in [2.75, 3.05) is 24.7 Å². The molecule has 1 amide bonds. The smallest absolute Gasteiger partial charge is 0.251 e. The normalized spacial score (nSPS) is 26.1. The molecule has 0 saturated carbocycles. The third-order valence-corrected chi connectivity index (χ3v) is 5.89. The highest BCUT2D eigenvalue weighted by molar-refractivity contribution is 7.91. The van der Waals surface area contributed by atoms with Crippen LogP contribution in [0.25, 0.3) is 0 Å². The molecule has 2 aliphatic heterocycles. The number of carbonyl (C=O) groups excluding carboxylic acids is 1. The summed E-state index contributed by atoms with van der Waals surface area (Å²) in [5.74, 6) is 0.512. The van der Waals surface area contributed by atoms with Gasteiger partial charge in [0.1, 0.15) is 12.4 Å². The molecule has 0 unspecified atom stereocenters. The van der Waals surface area contributed by atoms with E-state index in [4.69, 9.17) is 9.47 Å². The van der Waals surface area contributed by atoms with E-state index in [1.165, 1.54) is 0 Å². The fraction of sp³-hybridized carbons (Fsp3) is 0.562. The maximum Gasteiger partial charge on any atom is 0.251 e. The second-order valence-corrected chi connectivity index (χ2v) is 8.28. The number of amides is 1. The Hall–Kier alpha value is -1.60. The highest BCUT2D eigenvalue weighted by Gasteiger charge is 2.29. The van der Waals surface area contributed by atoms with E-state index >= 15 is 0 Å². The van der Waals surface area contributed by atoms with E-state index in [0.29, 0.717) is 24.3 Å². The van der Waals surface area contributed by atoms with E-state index in [1.54, 1.807) is 24.3 Å². The van der Waals surface area contributed by atoms with Gasteiger partial charge in [0.2, 0.25) is 0 Å². The third kappa shape index (κ3) is 4.45. The molecule has 2 fully saturated rings. The summed E-state index contributed by atoms with van der Waals surface area (Å²) in [6, 6.07) is 6.62. The van der Waals surface area contributed by atoms with E-state index in [9.17, 15) is 13.2 Å². The Labute approximate surface area is 136 Å². The van der Waals surface area contributed by atoms with Gasteiger partial charge in [-0.2, -0.15) is 0 Å². The molecule has 0 bridgehead atoms. The predicted octanol–water partition coefficient (Wildman–Crippen LogP) is 1.16. The minimum absolute atomic E-state index is 0.0218. The summed E-state index contributed by atoms with van der Waals surface area (Å²) < 4.78 is 34.1. The molecule has 2 atom stereocenters. The number of hydrogen-bond donors (Lipinski definition) is 1. The molecule has 126 valence electrons. The van der Waals surface area contributed by atoms with Gasteiger partial charge < -0.3 is 14.8 Å². The lowest BCUT2D eigenvalue weighted by Gasteiger charge is -2.13. The van der Waals surface area contributed by atoms with Crippen LogP contribution in [0, 0.1) is 0 Å². The first kappa shape index (κ1) is 16.3. The van der Waals surface area contributed by atoms with Crippen molar-refractivity contribution in [3.8, 4) is 5.75 Å². The average Bonchev–Trinajstić information content (AvgIpc) is 3.15. The molecule has 1 N–H and O–H groups in total. The Balaban J connectivity index is 1.56. The van der Waals surface area contributed by atoms with Crippen molar-refractivity contribution in [2.45, 2.75) is 31.4 Å². The lowest BCUT2D eigenvalue weighted by Crippen LogP contribution is -2.35. The van der Waals surface area contributed by atoms with Gasteiger partial charge in [-0.15, -0.1) is 0 Å². The fourth-order valence-electron chi connectivity index (χ4n) is 2.87. The number of ether oxygens (including phenoxy) is 2. The minimum Gasteiger partial charge on any atom is -0.491 e. The zero-order valence-electron chi connectivity index (χ0n) is 12.9.